The summed E-state index contributed by atoms with van der Waals surface area (Å²) in [4.78, 5) is 10.00. The van der Waals surface area contributed by atoms with Gasteiger partial charge in [0, 0.05) is 11.4 Å². The number of allylic oxidation sites excluding steroid dienone is 1. The largest absolute Gasteiger partial charge is 0.276 e. The highest BCUT2D eigenvalue weighted by molar-refractivity contribution is 9.09. The van der Waals surface area contributed by atoms with E-state index < -0.39 is 10.7 Å². The van der Waals surface area contributed by atoms with E-state index in [4.69, 9.17) is 0 Å². The molecule has 0 heterocycles. The number of hydrogen-bond acceptors (Lipinski definition) is 2. The van der Waals surface area contributed by atoms with Gasteiger partial charge in [0.15, 0.2) is 0 Å². The second-order valence-electron chi connectivity index (χ2n) is 2.52. The number of rotatable bonds is 3. The standard InChI is InChI=1S/C9H7BrFNO2/c10-5-1-2-7-6-8(11)3-4-9(7)12(13)14/h1-4,6H,5H2. The van der Waals surface area contributed by atoms with Crippen LogP contribution >= 0.6 is 15.9 Å². The van der Waals surface area contributed by atoms with E-state index >= 15 is 0 Å². The molecule has 0 aliphatic rings. The molecule has 14 heavy (non-hydrogen) atoms. The average molecular weight is 260 g/mol. The van der Waals surface area contributed by atoms with Crippen molar-refractivity contribution in [2.75, 3.05) is 5.33 Å². The molecular formula is C9H7BrFNO2. The number of nitrogens with zero attached hydrogens (tertiary/aromatic N) is 1. The van der Waals surface area contributed by atoms with Crippen LogP contribution in [0.15, 0.2) is 24.3 Å². The van der Waals surface area contributed by atoms with Crippen LogP contribution in [0.2, 0.25) is 0 Å². The average Bonchev–Trinajstić information content (AvgIpc) is 2.14. The van der Waals surface area contributed by atoms with E-state index in [0.717, 1.165) is 18.2 Å². The SMILES string of the molecule is O=[N+]([O-])c1ccc(F)cc1C=CCBr. The van der Waals surface area contributed by atoms with Gasteiger partial charge in [-0.15, -0.1) is 0 Å². The number of nitro groups is 1. The van der Waals surface area contributed by atoms with Gasteiger partial charge in [-0.2, -0.15) is 0 Å². The molecule has 0 aliphatic heterocycles. The van der Waals surface area contributed by atoms with Crippen LogP contribution < -0.4 is 0 Å². The van der Waals surface area contributed by atoms with Crippen LogP contribution in [0.5, 0.6) is 0 Å². The van der Waals surface area contributed by atoms with Gasteiger partial charge >= 0.3 is 0 Å². The number of benzene rings is 1. The molecule has 1 rings (SSSR count). The summed E-state index contributed by atoms with van der Waals surface area (Å²) >= 11 is 3.14. The van der Waals surface area contributed by atoms with Crippen LogP contribution in [0, 0.1) is 15.9 Å². The first kappa shape index (κ1) is 10.8. The van der Waals surface area contributed by atoms with Gasteiger partial charge in [0.05, 0.1) is 10.5 Å². The van der Waals surface area contributed by atoms with Crippen LogP contribution in [0.25, 0.3) is 6.08 Å². The minimum Gasteiger partial charge on any atom is -0.258 e. The van der Waals surface area contributed by atoms with E-state index in [1.165, 1.54) is 6.08 Å². The third-order valence-corrected chi connectivity index (χ3v) is 1.95. The van der Waals surface area contributed by atoms with Gasteiger partial charge < -0.3 is 0 Å². The Hall–Kier alpha value is -1.23. The van der Waals surface area contributed by atoms with Gasteiger partial charge in [-0.3, -0.25) is 10.1 Å². The van der Waals surface area contributed by atoms with Crippen molar-refractivity contribution >= 4 is 27.7 Å². The third kappa shape index (κ3) is 2.63. The maximum Gasteiger partial charge on any atom is 0.276 e. The molecule has 0 radical (unpaired) electrons. The third-order valence-electron chi connectivity index (χ3n) is 1.57. The topological polar surface area (TPSA) is 43.1 Å². The lowest BCUT2D eigenvalue weighted by Gasteiger charge is -1.96. The molecular weight excluding hydrogens is 253 g/mol. The van der Waals surface area contributed by atoms with E-state index in [1.54, 1.807) is 6.08 Å². The lowest BCUT2D eigenvalue weighted by atomic mass is 10.1. The molecule has 0 bridgehead atoms. The van der Waals surface area contributed by atoms with E-state index in [-0.39, 0.29) is 11.3 Å². The van der Waals surface area contributed by atoms with Crippen LogP contribution in [0.1, 0.15) is 5.56 Å². The predicted octanol–water partition coefficient (Wildman–Crippen LogP) is 3.14. The normalized spacial score (nSPS) is 10.7. The van der Waals surface area contributed by atoms with Crippen LogP contribution in [-0.4, -0.2) is 10.3 Å². The fraction of sp³-hybridized carbons (Fsp3) is 0.111. The second-order valence-corrected chi connectivity index (χ2v) is 3.16. The molecule has 1 aromatic rings. The van der Waals surface area contributed by atoms with Crippen molar-refractivity contribution in [3.63, 3.8) is 0 Å². The van der Waals surface area contributed by atoms with Crippen molar-refractivity contribution in [2.24, 2.45) is 0 Å². The number of nitro benzene ring substituents is 1. The molecule has 0 aliphatic carbocycles. The first-order valence-corrected chi connectivity index (χ1v) is 4.93. The first-order chi connectivity index (χ1) is 6.65. The van der Waals surface area contributed by atoms with E-state index in [0.29, 0.717) is 5.33 Å². The molecule has 0 aromatic heterocycles. The minimum atomic E-state index is -0.534. The molecule has 0 spiro atoms. The summed E-state index contributed by atoms with van der Waals surface area (Å²) in [5.41, 5.74) is 0.179. The van der Waals surface area contributed by atoms with Crippen LogP contribution in [-0.2, 0) is 0 Å². The summed E-state index contributed by atoms with van der Waals surface area (Å²) in [5.74, 6) is -0.482. The van der Waals surface area contributed by atoms with Gasteiger partial charge in [0.25, 0.3) is 5.69 Å². The van der Waals surface area contributed by atoms with Gasteiger partial charge in [-0.05, 0) is 12.1 Å². The zero-order valence-electron chi connectivity index (χ0n) is 7.11. The van der Waals surface area contributed by atoms with E-state index in [2.05, 4.69) is 15.9 Å². The van der Waals surface area contributed by atoms with Gasteiger partial charge in [0.2, 0.25) is 0 Å². The zero-order chi connectivity index (χ0) is 10.6. The van der Waals surface area contributed by atoms with Crippen molar-refractivity contribution in [2.45, 2.75) is 0 Å². The lowest BCUT2D eigenvalue weighted by Crippen LogP contribution is -1.92. The van der Waals surface area contributed by atoms with Crippen molar-refractivity contribution in [1.82, 2.24) is 0 Å². The molecule has 0 atom stereocenters. The number of hydrogen-bond donors (Lipinski definition) is 0. The smallest absolute Gasteiger partial charge is 0.258 e. The summed E-state index contributed by atoms with van der Waals surface area (Å²) in [6.07, 6.45) is 3.18. The molecule has 1 aromatic carbocycles. The Kier molecular flexibility index (Phi) is 3.76. The van der Waals surface area contributed by atoms with Crippen LogP contribution in [0.4, 0.5) is 10.1 Å². The van der Waals surface area contributed by atoms with Gasteiger partial charge in [-0.1, -0.05) is 28.1 Å². The lowest BCUT2D eigenvalue weighted by molar-refractivity contribution is -0.385. The van der Waals surface area contributed by atoms with E-state index in [9.17, 15) is 14.5 Å². The highest BCUT2D eigenvalue weighted by Crippen LogP contribution is 2.20. The van der Waals surface area contributed by atoms with Gasteiger partial charge in [0.1, 0.15) is 5.82 Å². The predicted molar refractivity (Wildman–Crippen MR) is 55.9 cm³/mol. The Balaban J connectivity index is 3.15. The highest BCUT2D eigenvalue weighted by Gasteiger charge is 2.11. The summed E-state index contributed by atoms with van der Waals surface area (Å²) < 4.78 is 12.8. The summed E-state index contributed by atoms with van der Waals surface area (Å²) in [6.45, 7) is 0. The maximum absolute atomic E-state index is 12.8. The molecule has 0 saturated heterocycles. The molecule has 74 valence electrons. The Morgan fingerprint density at radius 1 is 1.57 bits per heavy atom. The van der Waals surface area contributed by atoms with Crippen molar-refractivity contribution < 1.29 is 9.31 Å². The first-order valence-electron chi connectivity index (χ1n) is 3.81. The molecule has 3 nitrogen and oxygen atoms in total. The quantitative estimate of drug-likeness (QED) is 0.476. The number of halogens is 2. The molecule has 0 saturated carbocycles. The van der Waals surface area contributed by atoms with Crippen LogP contribution in [0.3, 0.4) is 0 Å². The summed E-state index contributed by atoms with van der Waals surface area (Å²) in [5, 5.41) is 11.1. The summed E-state index contributed by atoms with van der Waals surface area (Å²) in [7, 11) is 0. The van der Waals surface area contributed by atoms with E-state index in [1.807, 2.05) is 0 Å². The highest BCUT2D eigenvalue weighted by atomic mass is 79.9. The van der Waals surface area contributed by atoms with Crippen molar-refractivity contribution in [3.8, 4) is 0 Å². The molecule has 0 fully saturated rings. The molecule has 0 N–H and O–H groups in total. The van der Waals surface area contributed by atoms with Gasteiger partial charge in [-0.25, -0.2) is 4.39 Å². The Morgan fingerprint density at radius 3 is 2.86 bits per heavy atom. The Morgan fingerprint density at radius 2 is 2.29 bits per heavy atom. The Bertz CT molecular complexity index is 379. The fourth-order valence-electron chi connectivity index (χ4n) is 0.997. The Labute approximate surface area is 88.5 Å². The number of alkyl halides is 1. The molecule has 0 unspecified atom stereocenters. The van der Waals surface area contributed by atoms with Crippen molar-refractivity contribution in [3.05, 3.63) is 45.8 Å². The zero-order valence-corrected chi connectivity index (χ0v) is 8.70. The molecule has 5 heteroatoms. The van der Waals surface area contributed by atoms with Crippen molar-refractivity contribution in [1.29, 1.82) is 0 Å². The maximum atomic E-state index is 12.8. The molecule has 0 amide bonds. The minimum absolute atomic E-state index is 0.0939. The second kappa shape index (κ2) is 4.85. The monoisotopic (exact) mass is 259 g/mol. The summed E-state index contributed by atoms with van der Waals surface area (Å²) in [6, 6.07) is 3.37. The fourth-order valence-corrected chi connectivity index (χ4v) is 1.18.